The number of β-amino-alcohol motifs (C(OH)–C–C–N with tert-alkyl or cyclic N) is 2. The molecule has 0 unspecified atom stereocenters. The Morgan fingerprint density at radius 2 is 1.07 bits per heavy atom. The van der Waals surface area contributed by atoms with Gasteiger partial charge in [-0.25, -0.2) is 9.97 Å². The topological polar surface area (TPSA) is 260 Å². The smallest absolute Gasteiger partial charge is 0.255 e. The zero-order valence-electron chi connectivity index (χ0n) is 51.4. The lowest BCUT2D eigenvalue weighted by Gasteiger charge is -2.35. The molecule has 2 fully saturated rings. The number of hydrogen-bond donors (Lipinski definition) is 4. The van der Waals surface area contributed by atoms with Crippen molar-refractivity contribution < 1.29 is 62.7 Å². The second-order valence-corrected chi connectivity index (χ2v) is 24.8. The number of aldehydes is 1. The molecule has 0 radical (unpaired) electrons. The van der Waals surface area contributed by atoms with E-state index in [1.54, 1.807) is 39.0 Å². The van der Waals surface area contributed by atoms with E-state index in [0.29, 0.717) is 60.8 Å². The summed E-state index contributed by atoms with van der Waals surface area (Å²) in [5, 5.41) is 27.0. The molecule has 4 aliphatic rings. The average Bonchev–Trinajstić information content (AvgIpc) is 1.93. The third kappa shape index (κ3) is 14.9. The molecule has 2 saturated heterocycles. The number of nitrogens with one attached hydrogen (secondary N) is 2. The number of nitrogens with zero attached hydrogens (tertiary/aromatic N) is 6. The molecule has 472 valence electrons. The van der Waals surface area contributed by atoms with Gasteiger partial charge in [0.05, 0.1) is 44.4 Å². The SMILES string of the molecule is CCOC(COc1cc(-c2scnc2C)ccc1CNC(=O)[C@@H]1C[C@@H](O)CN1C(=O)[C@H](C(C)C)N1Cc2ccccc2C1=O)OCC.Cc1ncsc1-c1ccc(CNC(=O)[C@@H]2C[C@@H](O)CN2C(=O)[C@H](C(C)C)N2Cc3ccccc3C2=O)c(OCC=O)c1. The van der Waals surface area contributed by atoms with Crippen molar-refractivity contribution in [3.05, 3.63) is 141 Å². The van der Waals surface area contributed by atoms with Gasteiger partial charge in [-0.15, -0.1) is 22.7 Å². The number of carbonyl (C=O) groups excluding carboxylic acids is 7. The molecule has 4 N–H and O–H groups in total. The Morgan fingerprint density at radius 3 is 1.45 bits per heavy atom. The molecular weight excluding hydrogens is 1180 g/mol. The van der Waals surface area contributed by atoms with Crippen LogP contribution in [0.3, 0.4) is 0 Å². The van der Waals surface area contributed by atoms with Crippen LogP contribution in [0.4, 0.5) is 0 Å². The summed E-state index contributed by atoms with van der Waals surface area (Å²) < 4.78 is 23.2. The number of carbonyl (C=O) groups is 7. The average molecular weight is 1260 g/mol. The molecule has 0 saturated carbocycles. The number of ether oxygens (including phenoxy) is 4. The molecule has 6 heterocycles. The number of aliphatic hydroxyl groups excluding tert-OH is 2. The summed E-state index contributed by atoms with van der Waals surface area (Å²) in [7, 11) is 0. The molecule has 21 nitrogen and oxygen atoms in total. The number of fused-ring (bicyclic) bond motifs is 2. The summed E-state index contributed by atoms with van der Waals surface area (Å²) in [6.45, 7) is 17.0. The molecule has 2 aromatic heterocycles. The summed E-state index contributed by atoms with van der Waals surface area (Å²) in [6.07, 6.45) is -1.42. The maximum absolute atomic E-state index is 14.1. The number of rotatable bonds is 24. The fraction of sp³-hybridized carbons (Fsp3) is 0.439. The molecule has 0 aliphatic carbocycles. The molecule has 6 aromatic rings. The monoisotopic (exact) mass is 1250 g/mol. The standard InChI is InChI=1S/C35H44N4O7S.C31H34N4O6S/c1-6-44-30(45-7-2)19-46-29-14-23(32-22(5)37-20-47-32)12-13-24(29)16-36-33(41)28-15-26(40)18-38(28)35(43)31(21(3)4)39-17-25-10-8-9-11-27(25)34(39)42;1-18(2)27(35-15-22-6-4-5-7-24(22)30(35)39)31(40)34-16-23(37)13-25(34)29(38)32-14-21-9-8-20(12-26(21)41-11-10-36)28-19(3)33-17-42-28/h8-14,20-21,26,28,30-31,40H,6-7,15-19H2,1-5H3,(H,36,41);4-10,12,17-18,23,25,27,37H,11,13-16H2,1-3H3,(H,32,38)/t26-,28+,31+;23-,25+,27+/m11/s1. The fourth-order valence-corrected chi connectivity index (χ4v) is 13.6. The van der Waals surface area contributed by atoms with Gasteiger partial charge in [0.1, 0.15) is 48.9 Å². The summed E-state index contributed by atoms with van der Waals surface area (Å²) >= 11 is 3.03. The molecule has 4 aromatic carbocycles. The van der Waals surface area contributed by atoms with Crippen molar-refractivity contribution in [1.29, 1.82) is 0 Å². The van der Waals surface area contributed by atoms with Crippen molar-refractivity contribution in [2.45, 2.75) is 137 Å². The van der Waals surface area contributed by atoms with Crippen LogP contribution in [0.5, 0.6) is 11.5 Å². The van der Waals surface area contributed by atoms with Gasteiger partial charge in [-0.2, -0.15) is 0 Å². The van der Waals surface area contributed by atoms with Crippen molar-refractivity contribution in [2.24, 2.45) is 11.8 Å². The van der Waals surface area contributed by atoms with Crippen LogP contribution < -0.4 is 20.1 Å². The number of benzene rings is 4. The number of aromatic nitrogens is 2. The van der Waals surface area contributed by atoms with E-state index in [1.807, 2.05) is 122 Å². The van der Waals surface area contributed by atoms with Gasteiger partial charge in [-0.05, 0) is 86.1 Å². The van der Waals surface area contributed by atoms with Gasteiger partial charge in [-0.3, -0.25) is 33.6 Å². The molecular formula is C66H78N8O13S2. The van der Waals surface area contributed by atoms with Crippen LogP contribution in [0.25, 0.3) is 20.9 Å². The van der Waals surface area contributed by atoms with Gasteiger partial charge in [-0.1, -0.05) is 88.4 Å². The lowest BCUT2D eigenvalue weighted by Crippen LogP contribution is -2.55. The highest BCUT2D eigenvalue weighted by atomic mass is 32.1. The van der Waals surface area contributed by atoms with Crippen LogP contribution >= 0.6 is 22.7 Å². The molecule has 4 aliphatic heterocycles. The molecule has 10 rings (SSSR count). The second kappa shape index (κ2) is 29.6. The first-order valence-electron chi connectivity index (χ1n) is 30.1. The first kappa shape index (κ1) is 65.5. The van der Waals surface area contributed by atoms with Gasteiger partial charge >= 0.3 is 0 Å². The molecule has 0 bridgehead atoms. The Hall–Kier alpha value is -7.93. The lowest BCUT2D eigenvalue weighted by atomic mass is 10.0. The first-order valence-corrected chi connectivity index (χ1v) is 31.9. The van der Waals surface area contributed by atoms with Gasteiger partial charge in [0.2, 0.25) is 23.6 Å². The van der Waals surface area contributed by atoms with E-state index >= 15 is 0 Å². The van der Waals surface area contributed by atoms with E-state index in [9.17, 15) is 43.8 Å². The predicted octanol–water partition coefficient (Wildman–Crippen LogP) is 7.11. The van der Waals surface area contributed by atoms with E-state index in [0.717, 1.165) is 49.0 Å². The van der Waals surface area contributed by atoms with Crippen LogP contribution in [0.15, 0.2) is 96.0 Å². The minimum Gasteiger partial charge on any atom is -0.488 e. The van der Waals surface area contributed by atoms with Crippen LogP contribution in [-0.4, -0.2) is 164 Å². The highest BCUT2D eigenvalue weighted by Gasteiger charge is 2.48. The van der Waals surface area contributed by atoms with Gasteiger partial charge in [0.15, 0.2) is 12.6 Å². The third-order valence-corrected chi connectivity index (χ3v) is 18.3. The Labute approximate surface area is 526 Å². The van der Waals surface area contributed by atoms with E-state index in [4.69, 9.17) is 18.9 Å². The van der Waals surface area contributed by atoms with Crippen molar-refractivity contribution in [3.63, 3.8) is 0 Å². The zero-order chi connectivity index (χ0) is 63.6. The largest absolute Gasteiger partial charge is 0.488 e. The normalized spacial score (nSPS) is 18.5. The van der Waals surface area contributed by atoms with Gasteiger partial charge in [0, 0.05) is 87.6 Å². The summed E-state index contributed by atoms with van der Waals surface area (Å²) in [6, 6.07) is 22.6. The Bertz CT molecular complexity index is 3530. The van der Waals surface area contributed by atoms with E-state index < -0.39 is 48.6 Å². The van der Waals surface area contributed by atoms with Crippen LogP contribution in [0.2, 0.25) is 0 Å². The van der Waals surface area contributed by atoms with Gasteiger partial charge < -0.3 is 59.4 Å². The zero-order valence-corrected chi connectivity index (χ0v) is 53.0. The maximum Gasteiger partial charge on any atom is 0.255 e. The minimum absolute atomic E-state index is 0.00567. The number of likely N-dealkylation sites (tertiary alicyclic amines) is 2. The van der Waals surface area contributed by atoms with Crippen molar-refractivity contribution in [1.82, 2.24) is 40.2 Å². The second-order valence-electron chi connectivity index (χ2n) is 23.1. The predicted molar refractivity (Wildman–Crippen MR) is 334 cm³/mol. The molecule has 0 spiro atoms. The maximum atomic E-state index is 14.1. The molecule has 6 amide bonds. The Morgan fingerprint density at radius 1 is 0.640 bits per heavy atom. The molecule has 6 atom stereocenters. The number of hydrogen-bond acceptors (Lipinski definition) is 17. The number of amides is 6. The summed E-state index contributed by atoms with van der Waals surface area (Å²) in [5.41, 5.74) is 11.5. The van der Waals surface area contributed by atoms with Crippen LogP contribution in [-0.2, 0) is 59.6 Å². The number of aryl methyl sites for hydroxylation is 2. The molecule has 23 heteroatoms. The first-order chi connectivity index (χ1) is 42.8. The van der Waals surface area contributed by atoms with Crippen molar-refractivity contribution in [3.8, 4) is 32.4 Å². The fourth-order valence-electron chi connectivity index (χ4n) is 12.0. The van der Waals surface area contributed by atoms with Crippen molar-refractivity contribution in [2.75, 3.05) is 39.5 Å². The lowest BCUT2D eigenvalue weighted by molar-refractivity contribution is -0.152. The van der Waals surface area contributed by atoms with Crippen LogP contribution in [0, 0.1) is 25.7 Å². The van der Waals surface area contributed by atoms with Crippen molar-refractivity contribution >= 4 is 64.4 Å². The Kier molecular flexibility index (Phi) is 21.8. The van der Waals surface area contributed by atoms with E-state index in [-0.39, 0.29) is 93.6 Å². The number of aliphatic hydroxyl groups is 2. The summed E-state index contributed by atoms with van der Waals surface area (Å²) in [5.74, 6) is -1.32. The third-order valence-electron chi connectivity index (χ3n) is 16.3. The highest BCUT2D eigenvalue weighted by molar-refractivity contribution is 7.13. The van der Waals surface area contributed by atoms with Crippen LogP contribution in [0.1, 0.15) is 109 Å². The summed E-state index contributed by atoms with van der Waals surface area (Å²) in [4.78, 5) is 109. The Balaban J connectivity index is 0.000000213. The van der Waals surface area contributed by atoms with E-state index in [1.165, 1.54) is 32.5 Å². The van der Waals surface area contributed by atoms with E-state index in [2.05, 4.69) is 20.6 Å². The quantitative estimate of drug-likeness (QED) is 0.0348. The highest BCUT2D eigenvalue weighted by Crippen LogP contribution is 2.36. The minimum atomic E-state index is -0.896. The van der Waals surface area contributed by atoms with Gasteiger partial charge in [0.25, 0.3) is 11.8 Å². The number of thiazole rings is 2. The molecule has 89 heavy (non-hydrogen) atoms.